The average Bonchev–Trinajstić information content (AvgIpc) is 2.52. The zero-order chi connectivity index (χ0) is 15.7. The highest BCUT2D eigenvalue weighted by Gasteiger charge is 2.35. The molecule has 0 spiro atoms. The Morgan fingerprint density at radius 3 is 2.70 bits per heavy atom. The van der Waals surface area contributed by atoms with Crippen molar-refractivity contribution in [2.45, 2.75) is 37.6 Å². The molecule has 1 fully saturated rings. The number of hydrogen-bond donors (Lipinski definition) is 2. The summed E-state index contributed by atoms with van der Waals surface area (Å²) in [5.74, 6) is 0.372. The molecule has 0 unspecified atom stereocenters. The number of halogens is 1. The smallest absolute Gasteiger partial charge is 0.264 e. The molecule has 126 valence electrons. The van der Waals surface area contributed by atoms with Crippen LogP contribution in [0.25, 0.3) is 0 Å². The molecule has 0 radical (unpaired) electrons. The number of nitrogens with two attached hydrogens (primary N) is 1. The van der Waals surface area contributed by atoms with E-state index in [1.165, 1.54) is 4.90 Å². The van der Waals surface area contributed by atoms with Crippen LogP contribution in [0.3, 0.4) is 0 Å². The summed E-state index contributed by atoms with van der Waals surface area (Å²) in [4.78, 5) is 25.7. The van der Waals surface area contributed by atoms with E-state index in [0.29, 0.717) is 30.0 Å². The van der Waals surface area contributed by atoms with Gasteiger partial charge in [0.25, 0.3) is 5.91 Å². The maximum atomic E-state index is 12.5. The lowest BCUT2D eigenvalue weighted by Crippen LogP contribution is -2.52. The molecule has 1 aliphatic heterocycles. The fourth-order valence-corrected chi connectivity index (χ4v) is 3.02. The van der Waals surface area contributed by atoms with E-state index in [0.717, 1.165) is 19.3 Å². The number of benzene rings is 1. The number of anilines is 2. The van der Waals surface area contributed by atoms with E-state index < -0.39 is 5.54 Å². The number of ether oxygens (including phenoxy) is 1. The summed E-state index contributed by atoms with van der Waals surface area (Å²) < 4.78 is 5.37. The van der Waals surface area contributed by atoms with Gasteiger partial charge in [0.2, 0.25) is 5.91 Å². The lowest BCUT2D eigenvalue weighted by molar-refractivity contribution is -0.122. The minimum atomic E-state index is -0.785. The standard InChI is InChI=1S/C16H21N3O3.ClH/c1-19-12-9-11(5-6-13(12)22-10-14(19)20)18-15(21)16(17)7-3-2-4-8-16;/h5-6,9H,2-4,7-8,10,17H2,1H3,(H,18,21);1H. The summed E-state index contributed by atoms with van der Waals surface area (Å²) >= 11 is 0. The van der Waals surface area contributed by atoms with E-state index in [1.54, 1.807) is 25.2 Å². The van der Waals surface area contributed by atoms with Crippen molar-refractivity contribution in [3.05, 3.63) is 18.2 Å². The summed E-state index contributed by atoms with van der Waals surface area (Å²) in [6.45, 7) is 0.0428. The van der Waals surface area contributed by atoms with Gasteiger partial charge in [-0.2, -0.15) is 0 Å². The zero-order valence-electron chi connectivity index (χ0n) is 13.1. The van der Waals surface area contributed by atoms with Gasteiger partial charge in [-0.25, -0.2) is 0 Å². The first-order valence-electron chi connectivity index (χ1n) is 7.63. The molecule has 1 aliphatic carbocycles. The van der Waals surface area contributed by atoms with E-state index in [-0.39, 0.29) is 30.8 Å². The van der Waals surface area contributed by atoms with Crippen LogP contribution in [-0.2, 0) is 9.59 Å². The first kappa shape index (κ1) is 17.6. The van der Waals surface area contributed by atoms with Gasteiger partial charge < -0.3 is 20.7 Å². The van der Waals surface area contributed by atoms with Crippen molar-refractivity contribution in [3.63, 3.8) is 0 Å². The predicted molar refractivity (Wildman–Crippen MR) is 91.2 cm³/mol. The molecule has 7 heteroatoms. The Balaban J connectivity index is 0.00000192. The number of nitrogens with zero attached hydrogens (tertiary/aromatic N) is 1. The van der Waals surface area contributed by atoms with Crippen molar-refractivity contribution >= 4 is 35.6 Å². The van der Waals surface area contributed by atoms with Crippen LogP contribution < -0.4 is 20.7 Å². The molecule has 6 nitrogen and oxygen atoms in total. The molecule has 23 heavy (non-hydrogen) atoms. The van der Waals surface area contributed by atoms with Crippen LogP contribution in [0.2, 0.25) is 0 Å². The third kappa shape index (κ3) is 3.43. The third-order valence-corrected chi connectivity index (χ3v) is 4.50. The first-order valence-corrected chi connectivity index (χ1v) is 7.63. The Labute approximate surface area is 141 Å². The van der Waals surface area contributed by atoms with Crippen LogP contribution in [-0.4, -0.2) is 31.0 Å². The van der Waals surface area contributed by atoms with Crippen LogP contribution in [0.5, 0.6) is 5.75 Å². The molecule has 1 saturated carbocycles. The SMILES string of the molecule is CN1C(=O)COc2ccc(NC(=O)C3(N)CCCCC3)cc21.Cl. The summed E-state index contributed by atoms with van der Waals surface area (Å²) in [5, 5.41) is 2.88. The van der Waals surface area contributed by atoms with Gasteiger partial charge in [0, 0.05) is 12.7 Å². The maximum Gasteiger partial charge on any atom is 0.264 e. The minimum Gasteiger partial charge on any atom is -0.482 e. The molecule has 2 amide bonds. The molecule has 0 saturated heterocycles. The molecule has 3 N–H and O–H groups in total. The fraction of sp³-hybridized carbons (Fsp3) is 0.500. The number of carbonyl (C=O) groups is 2. The largest absolute Gasteiger partial charge is 0.482 e. The Kier molecular flexibility index (Phi) is 5.16. The Morgan fingerprint density at radius 1 is 1.30 bits per heavy atom. The lowest BCUT2D eigenvalue weighted by atomic mass is 9.82. The first-order chi connectivity index (χ1) is 10.5. The van der Waals surface area contributed by atoms with Gasteiger partial charge >= 0.3 is 0 Å². The van der Waals surface area contributed by atoms with Gasteiger partial charge in [0.1, 0.15) is 5.75 Å². The van der Waals surface area contributed by atoms with Crippen LogP contribution in [0.15, 0.2) is 18.2 Å². The van der Waals surface area contributed by atoms with Gasteiger partial charge in [-0.1, -0.05) is 19.3 Å². The Morgan fingerprint density at radius 2 is 2.00 bits per heavy atom. The molecule has 0 aromatic heterocycles. The van der Waals surface area contributed by atoms with Crippen LogP contribution in [0.4, 0.5) is 11.4 Å². The van der Waals surface area contributed by atoms with Gasteiger partial charge in [0.15, 0.2) is 6.61 Å². The minimum absolute atomic E-state index is 0. The van der Waals surface area contributed by atoms with E-state index in [1.807, 2.05) is 0 Å². The van der Waals surface area contributed by atoms with Gasteiger partial charge in [0.05, 0.1) is 11.2 Å². The van der Waals surface area contributed by atoms with E-state index in [2.05, 4.69) is 5.32 Å². The number of likely N-dealkylation sites (N-methyl/N-ethyl adjacent to an activating group) is 1. The highest BCUT2D eigenvalue weighted by atomic mass is 35.5. The molecule has 0 atom stereocenters. The number of rotatable bonds is 2. The molecule has 2 aliphatic rings. The molecule has 0 bridgehead atoms. The predicted octanol–water partition coefficient (Wildman–Crippen LogP) is 2.06. The lowest BCUT2D eigenvalue weighted by Gasteiger charge is -2.32. The Bertz CT molecular complexity index is 615. The topological polar surface area (TPSA) is 84.7 Å². The second-order valence-electron chi connectivity index (χ2n) is 6.09. The number of nitrogens with one attached hydrogen (secondary N) is 1. The number of fused-ring (bicyclic) bond motifs is 1. The van der Waals surface area contributed by atoms with Crippen LogP contribution in [0.1, 0.15) is 32.1 Å². The van der Waals surface area contributed by atoms with Crippen LogP contribution >= 0.6 is 12.4 Å². The van der Waals surface area contributed by atoms with Crippen molar-refractivity contribution < 1.29 is 14.3 Å². The molecule has 1 aromatic carbocycles. The normalized spacial score (nSPS) is 19.2. The molecular weight excluding hydrogens is 318 g/mol. The van der Waals surface area contributed by atoms with Crippen molar-refractivity contribution in [2.24, 2.45) is 5.73 Å². The molecule has 1 aromatic rings. The van der Waals surface area contributed by atoms with Crippen molar-refractivity contribution in [3.8, 4) is 5.75 Å². The van der Waals surface area contributed by atoms with E-state index in [9.17, 15) is 9.59 Å². The zero-order valence-corrected chi connectivity index (χ0v) is 13.9. The quantitative estimate of drug-likeness (QED) is 0.863. The summed E-state index contributed by atoms with van der Waals surface area (Å²) in [7, 11) is 1.70. The average molecular weight is 340 g/mol. The van der Waals surface area contributed by atoms with Crippen molar-refractivity contribution in [2.75, 3.05) is 23.9 Å². The summed E-state index contributed by atoms with van der Waals surface area (Å²) in [6.07, 6.45) is 4.53. The number of carbonyl (C=O) groups excluding carboxylic acids is 2. The number of amides is 2. The Hall–Kier alpha value is -1.79. The van der Waals surface area contributed by atoms with Gasteiger partial charge in [-0.15, -0.1) is 12.4 Å². The third-order valence-electron chi connectivity index (χ3n) is 4.50. The van der Waals surface area contributed by atoms with E-state index >= 15 is 0 Å². The molecular formula is C16H22ClN3O3. The van der Waals surface area contributed by atoms with Gasteiger partial charge in [-0.3, -0.25) is 9.59 Å². The maximum absolute atomic E-state index is 12.5. The fourth-order valence-electron chi connectivity index (χ4n) is 3.02. The number of hydrogen-bond acceptors (Lipinski definition) is 4. The second-order valence-corrected chi connectivity index (χ2v) is 6.09. The summed E-state index contributed by atoms with van der Waals surface area (Å²) in [5.41, 5.74) is 6.74. The second kappa shape index (κ2) is 6.76. The van der Waals surface area contributed by atoms with Crippen molar-refractivity contribution in [1.82, 2.24) is 0 Å². The van der Waals surface area contributed by atoms with E-state index in [4.69, 9.17) is 10.5 Å². The van der Waals surface area contributed by atoms with Crippen molar-refractivity contribution in [1.29, 1.82) is 0 Å². The molecule has 1 heterocycles. The highest BCUT2D eigenvalue weighted by Crippen LogP contribution is 2.34. The van der Waals surface area contributed by atoms with Crippen LogP contribution in [0, 0.1) is 0 Å². The highest BCUT2D eigenvalue weighted by molar-refractivity contribution is 6.01. The molecule has 3 rings (SSSR count). The van der Waals surface area contributed by atoms with Gasteiger partial charge in [-0.05, 0) is 31.0 Å². The monoisotopic (exact) mass is 339 g/mol. The summed E-state index contributed by atoms with van der Waals surface area (Å²) in [6, 6.07) is 5.28.